The molecule has 2 N–H and O–H groups in total. The van der Waals surface area contributed by atoms with E-state index < -0.39 is 0 Å². The SMILES string of the molecule is CCNC(=S)Nc1cnc2ccccn12. The second-order valence-electron chi connectivity index (χ2n) is 3.06. The Morgan fingerprint density at radius 1 is 1.53 bits per heavy atom. The van der Waals surface area contributed by atoms with Crippen LogP contribution in [0.1, 0.15) is 6.92 Å². The number of nitrogens with one attached hydrogen (secondary N) is 2. The Labute approximate surface area is 93.3 Å². The van der Waals surface area contributed by atoms with Crippen LogP contribution in [0.2, 0.25) is 0 Å². The van der Waals surface area contributed by atoms with Gasteiger partial charge in [-0.2, -0.15) is 0 Å². The molecule has 2 aromatic heterocycles. The first-order chi connectivity index (χ1) is 7.31. The van der Waals surface area contributed by atoms with Gasteiger partial charge in [-0.15, -0.1) is 0 Å². The minimum atomic E-state index is 0.614. The predicted octanol–water partition coefficient (Wildman–Crippen LogP) is 1.64. The number of fused-ring (bicyclic) bond motifs is 1. The van der Waals surface area contributed by atoms with Gasteiger partial charge in [0.2, 0.25) is 0 Å². The van der Waals surface area contributed by atoms with Gasteiger partial charge in [0, 0.05) is 12.7 Å². The summed E-state index contributed by atoms with van der Waals surface area (Å²) in [6, 6.07) is 5.85. The Kier molecular flexibility index (Phi) is 2.82. The molecule has 0 radical (unpaired) electrons. The quantitative estimate of drug-likeness (QED) is 0.755. The van der Waals surface area contributed by atoms with Gasteiger partial charge < -0.3 is 10.6 Å². The second kappa shape index (κ2) is 4.27. The molecule has 2 rings (SSSR count). The van der Waals surface area contributed by atoms with Gasteiger partial charge in [-0.1, -0.05) is 6.07 Å². The smallest absolute Gasteiger partial charge is 0.171 e. The van der Waals surface area contributed by atoms with Crippen LogP contribution in [-0.2, 0) is 0 Å². The lowest BCUT2D eigenvalue weighted by Crippen LogP contribution is -2.28. The maximum Gasteiger partial charge on any atom is 0.171 e. The number of anilines is 1. The number of aromatic nitrogens is 2. The third-order valence-electron chi connectivity index (χ3n) is 2.00. The minimum Gasteiger partial charge on any atom is -0.363 e. The van der Waals surface area contributed by atoms with Crippen LogP contribution in [0.4, 0.5) is 5.82 Å². The zero-order valence-electron chi connectivity index (χ0n) is 8.40. The van der Waals surface area contributed by atoms with Crippen LogP contribution in [0.3, 0.4) is 0 Å². The van der Waals surface area contributed by atoms with Crippen LogP contribution in [0.15, 0.2) is 30.6 Å². The number of hydrogen-bond acceptors (Lipinski definition) is 2. The molecule has 2 aromatic rings. The number of rotatable bonds is 2. The van der Waals surface area contributed by atoms with Gasteiger partial charge in [0.25, 0.3) is 0 Å². The first-order valence-corrected chi connectivity index (χ1v) is 5.19. The highest BCUT2D eigenvalue weighted by Crippen LogP contribution is 2.10. The van der Waals surface area contributed by atoms with Crippen molar-refractivity contribution in [1.29, 1.82) is 0 Å². The fraction of sp³-hybridized carbons (Fsp3) is 0.200. The third-order valence-corrected chi connectivity index (χ3v) is 2.24. The Hall–Kier alpha value is -1.62. The van der Waals surface area contributed by atoms with E-state index in [1.165, 1.54) is 0 Å². The average molecular weight is 220 g/mol. The van der Waals surface area contributed by atoms with Gasteiger partial charge in [0.1, 0.15) is 11.5 Å². The number of nitrogens with zero attached hydrogens (tertiary/aromatic N) is 2. The largest absolute Gasteiger partial charge is 0.363 e. The summed E-state index contributed by atoms with van der Waals surface area (Å²) >= 11 is 5.10. The molecule has 4 nitrogen and oxygen atoms in total. The molecule has 0 spiro atoms. The highest BCUT2D eigenvalue weighted by atomic mass is 32.1. The van der Waals surface area contributed by atoms with Crippen LogP contribution in [0.25, 0.3) is 5.65 Å². The second-order valence-corrected chi connectivity index (χ2v) is 3.46. The van der Waals surface area contributed by atoms with Gasteiger partial charge >= 0.3 is 0 Å². The van der Waals surface area contributed by atoms with Gasteiger partial charge in [-0.05, 0) is 31.3 Å². The highest BCUT2D eigenvalue weighted by molar-refractivity contribution is 7.80. The van der Waals surface area contributed by atoms with Crippen LogP contribution in [0, 0.1) is 0 Å². The summed E-state index contributed by atoms with van der Waals surface area (Å²) in [4.78, 5) is 4.24. The van der Waals surface area contributed by atoms with Crippen molar-refractivity contribution in [1.82, 2.24) is 14.7 Å². The Morgan fingerprint density at radius 2 is 2.40 bits per heavy atom. The lowest BCUT2D eigenvalue weighted by Gasteiger charge is -2.07. The van der Waals surface area contributed by atoms with Crippen molar-refractivity contribution >= 4 is 28.8 Å². The number of hydrogen-bond donors (Lipinski definition) is 2. The number of thiocarbonyl (C=S) groups is 1. The number of pyridine rings is 1. The van der Waals surface area contributed by atoms with E-state index in [9.17, 15) is 0 Å². The fourth-order valence-electron chi connectivity index (χ4n) is 1.35. The lowest BCUT2D eigenvalue weighted by molar-refractivity contribution is 0.977. The normalized spacial score (nSPS) is 10.2. The minimum absolute atomic E-state index is 0.614. The topological polar surface area (TPSA) is 41.4 Å². The molecule has 78 valence electrons. The Bertz CT molecular complexity index is 477. The molecule has 2 heterocycles. The van der Waals surface area contributed by atoms with Gasteiger partial charge in [0.05, 0.1) is 6.20 Å². The van der Waals surface area contributed by atoms with Crippen LogP contribution in [-0.4, -0.2) is 21.0 Å². The van der Waals surface area contributed by atoms with Crippen molar-refractivity contribution < 1.29 is 0 Å². The van der Waals surface area contributed by atoms with E-state index in [-0.39, 0.29) is 0 Å². The molecular weight excluding hydrogens is 208 g/mol. The van der Waals surface area contributed by atoms with E-state index in [1.807, 2.05) is 35.7 Å². The number of imidazole rings is 1. The molecule has 0 aliphatic carbocycles. The Balaban J connectivity index is 2.25. The molecule has 0 amide bonds. The summed E-state index contributed by atoms with van der Waals surface area (Å²) in [5, 5.41) is 6.73. The summed E-state index contributed by atoms with van der Waals surface area (Å²) in [5.74, 6) is 0.872. The van der Waals surface area contributed by atoms with Crippen LogP contribution < -0.4 is 10.6 Å². The molecular formula is C10H12N4S. The molecule has 0 atom stereocenters. The van der Waals surface area contributed by atoms with Crippen molar-refractivity contribution in [3.8, 4) is 0 Å². The maximum absolute atomic E-state index is 5.10. The maximum atomic E-state index is 5.10. The molecule has 0 fully saturated rings. The molecule has 0 aliphatic rings. The molecule has 0 saturated heterocycles. The van der Waals surface area contributed by atoms with E-state index in [4.69, 9.17) is 12.2 Å². The first kappa shape index (κ1) is 9.92. The van der Waals surface area contributed by atoms with Crippen molar-refractivity contribution in [3.05, 3.63) is 30.6 Å². The summed E-state index contributed by atoms with van der Waals surface area (Å²) in [5.41, 5.74) is 0.902. The molecule has 0 bridgehead atoms. The van der Waals surface area contributed by atoms with E-state index in [0.717, 1.165) is 18.0 Å². The van der Waals surface area contributed by atoms with Crippen molar-refractivity contribution in [2.45, 2.75) is 6.92 Å². The third kappa shape index (κ3) is 2.07. The van der Waals surface area contributed by atoms with Crippen LogP contribution in [0.5, 0.6) is 0 Å². The van der Waals surface area contributed by atoms with Gasteiger partial charge in [-0.25, -0.2) is 4.98 Å². The fourth-order valence-corrected chi connectivity index (χ4v) is 1.59. The molecule has 0 aromatic carbocycles. The monoisotopic (exact) mass is 220 g/mol. The zero-order chi connectivity index (χ0) is 10.7. The van der Waals surface area contributed by atoms with Gasteiger partial charge in [-0.3, -0.25) is 4.40 Å². The zero-order valence-corrected chi connectivity index (χ0v) is 9.21. The molecule has 0 unspecified atom stereocenters. The predicted molar refractivity (Wildman–Crippen MR) is 65.1 cm³/mol. The molecule has 0 aliphatic heterocycles. The van der Waals surface area contributed by atoms with E-state index >= 15 is 0 Å². The van der Waals surface area contributed by atoms with E-state index in [1.54, 1.807) is 6.20 Å². The first-order valence-electron chi connectivity index (χ1n) is 4.78. The van der Waals surface area contributed by atoms with E-state index in [0.29, 0.717) is 5.11 Å². The standard InChI is InChI=1S/C10H12N4S/c1-2-11-10(15)13-9-7-12-8-5-3-4-6-14(8)9/h3-7H,2H2,1H3,(H2,11,13,15). The average Bonchev–Trinajstić information content (AvgIpc) is 2.62. The van der Waals surface area contributed by atoms with Crippen LogP contribution >= 0.6 is 12.2 Å². The summed E-state index contributed by atoms with van der Waals surface area (Å²) < 4.78 is 1.95. The lowest BCUT2D eigenvalue weighted by atomic mass is 10.5. The van der Waals surface area contributed by atoms with Crippen molar-refractivity contribution in [2.75, 3.05) is 11.9 Å². The van der Waals surface area contributed by atoms with Crippen molar-refractivity contribution in [3.63, 3.8) is 0 Å². The summed E-state index contributed by atoms with van der Waals surface area (Å²) in [6.07, 6.45) is 3.71. The summed E-state index contributed by atoms with van der Waals surface area (Å²) in [7, 11) is 0. The van der Waals surface area contributed by atoms with Gasteiger partial charge in [0.15, 0.2) is 5.11 Å². The molecule has 0 saturated carbocycles. The Morgan fingerprint density at radius 3 is 3.20 bits per heavy atom. The molecule has 5 heteroatoms. The van der Waals surface area contributed by atoms with Crippen molar-refractivity contribution in [2.24, 2.45) is 0 Å². The molecule has 15 heavy (non-hydrogen) atoms. The summed E-state index contributed by atoms with van der Waals surface area (Å²) in [6.45, 7) is 2.81. The van der Waals surface area contributed by atoms with E-state index in [2.05, 4.69) is 15.6 Å². The highest BCUT2D eigenvalue weighted by Gasteiger charge is 2.02.